The summed E-state index contributed by atoms with van der Waals surface area (Å²) in [4.78, 5) is 31.3. The van der Waals surface area contributed by atoms with Crippen LogP contribution in [-0.4, -0.2) is 28.1 Å². The molecule has 4 aromatic rings. The van der Waals surface area contributed by atoms with Crippen LogP contribution in [0.2, 0.25) is 0 Å². The van der Waals surface area contributed by atoms with E-state index < -0.39 is 11.4 Å². The number of halogens is 1. The molecule has 1 aliphatic heterocycles. The maximum atomic E-state index is 13.6. The number of ether oxygens (including phenoxy) is 1. The first kappa shape index (κ1) is 19.3. The van der Waals surface area contributed by atoms with Crippen LogP contribution in [0.1, 0.15) is 11.6 Å². The minimum atomic E-state index is -0.821. The highest BCUT2D eigenvalue weighted by Crippen LogP contribution is 2.41. The average molecular weight is 432 g/mol. The van der Waals surface area contributed by atoms with Crippen molar-refractivity contribution in [3.63, 3.8) is 0 Å². The van der Waals surface area contributed by atoms with Crippen LogP contribution in [0, 0.1) is 0 Å². The van der Waals surface area contributed by atoms with Gasteiger partial charge in [0.1, 0.15) is 17.2 Å². The molecule has 3 aromatic carbocycles. The molecule has 1 amide bonds. The Morgan fingerprint density at radius 3 is 2.35 bits per heavy atom. The zero-order chi connectivity index (χ0) is 21.5. The van der Waals surface area contributed by atoms with E-state index in [1.165, 1.54) is 9.69 Å². The number of benzene rings is 3. The second-order valence-corrected chi connectivity index (χ2v) is 7.68. The molecule has 0 saturated carbocycles. The number of nitrogens with zero attached hydrogens (tertiary/aromatic N) is 3. The van der Waals surface area contributed by atoms with E-state index in [0.29, 0.717) is 22.5 Å². The van der Waals surface area contributed by atoms with Crippen LogP contribution in [-0.2, 0) is 4.79 Å². The molecule has 0 aliphatic carbocycles. The standard InChI is InChI=1S/C24H18ClN3O3/c1-31-19-14-8-6-12-17(19)21-20(25)24(30)27(21)28-22(15-9-3-2-4-10-15)26-18-13-7-5-11-16(18)23(28)29/h2-14,20-21H,1H3. The average Bonchev–Trinajstić information content (AvgIpc) is 2.83. The molecule has 5 rings (SSSR count). The smallest absolute Gasteiger partial charge is 0.280 e. The van der Waals surface area contributed by atoms with Crippen molar-refractivity contribution in [3.8, 4) is 17.1 Å². The molecule has 0 spiro atoms. The number of fused-ring (bicyclic) bond motifs is 1. The van der Waals surface area contributed by atoms with Gasteiger partial charge < -0.3 is 4.74 Å². The van der Waals surface area contributed by atoms with Gasteiger partial charge in [0.05, 0.1) is 18.0 Å². The highest BCUT2D eigenvalue weighted by Gasteiger charge is 2.51. The van der Waals surface area contributed by atoms with Gasteiger partial charge in [0.2, 0.25) is 0 Å². The lowest BCUT2D eigenvalue weighted by Gasteiger charge is -2.45. The predicted octanol–water partition coefficient (Wildman–Crippen LogP) is 3.90. The van der Waals surface area contributed by atoms with Crippen LogP contribution in [0.25, 0.3) is 22.3 Å². The molecule has 2 heterocycles. The summed E-state index contributed by atoms with van der Waals surface area (Å²) in [6, 6.07) is 23.2. The fourth-order valence-corrected chi connectivity index (χ4v) is 4.30. The number of carbonyl (C=O) groups excluding carboxylic acids is 1. The van der Waals surface area contributed by atoms with E-state index >= 15 is 0 Å². The highest BCUT2D eigenvalue weighted by molar-refractivity contribution is 6.36. The zero-order valence-corrected chi connectivity index (χ0v) is 17.4. The monoisotopic (exact) mass is 431 g/mol. The first-order valence-corrected chi connectivity index (χ1v) is 10.2. The molecule has 2 atom stereocenters. The summed E-state index contributed by atoms with van der Waals surface area (Å²) in [5, 5.41) is 0.990. The van der Waals surface area contributed by atoms with Crippen molar-refractivity contribution < 1.29 is 9.53 Å². The van der Waals surface area contributed by atoms with Crippen LogP contribution >= 0.6 is 11.6 Å². The van der Waals surface area contributed by atoms with Gasteiger partial charge in [-0.1, -0.05) is 60.7 Å². The Labute approximate surface area is 183 Å². The van der Waals surface area contributed by atoms with Crippen LogP contribution in [0.3, 0.4) is 0 Å². The molecular weight excluding hydrogens is 414 g/mol. The molecule has 0 bridgehead atoms. The molecule has 154 valence electrons. The summed E-state index contributed by atoms with van der Waals surface area (Å²) in [5.74, 6) is 0.605. The van der Waals surface area contributed by atoms with Crippen molar-refractivity contribution in [3.05, 3.63) is 94.8 Å². The van der Waals surface area contributed by atoms with Gasteiger partial charge in [-0.15, -0.1) is 11.6 Å². The Balaban J connectivity index is 1.78. The number of hydrogen-bond acceptors (Lipinski definition) is 4. The molecule has 6 nitrogen and oxygen atoms in total. The normalized spacial score (nSPS) is 18.1. The third kappa shape index (κ3) is 2.99. The van der Waals surface area contributed by atoms with E-state index in [-0.39, 0.29) is 11.5 Å². The SMILES string of the molecule is COc1ccccc1C1C(Cl)C(=O)N1n1c(-c2ccccc2)nc2ccccc2c1=O. The largest absolute Gasteiger partial charge is 0.496 e. The zero-order valence-electron chi connectivity index (χ0n) is 16.6. The molecule has 1 aliphatic rings. The molecule has 1 fully saturated rings. The van der Waals surface area contributed by atoms with E-state index in [1.54, 1.807) is 31.4 Å². The number of carbonyl (C=O) groups is 1. The number of β-lactam (4-membered cyclic amide) rings is 1. The van der Waals surface area contributed by atoms with Gasteiger partial charge >= 0.3 is 0 Å². The summed E-state index contributed by atoms with van der Waals surface area (Å²) >= 11 is 6.46. The number of para-hydroxylation sites is 2. The van der Waals surface area contributed by atoms with Gasteiger partial charge in [-0.3, -0.25) is 9.59 Å². The molecule has 1 saturated heterocycles. The first-order chi connectivity index (χ1) is 15.1. The van der Waals surface area contributed by atoms with Crippen LogP contribution in [0.4, 0.5) is 0 Å². The summed E-state index contributed by atoms with van der Waals surface area (Å²) in [6.07, 6.45) is 0. The Bertz CT molecular complexity index is 1350. The second kappa shape index (κ2) is 7.56. The number of hydrogen-bond donors (Lipinski definition) is 0. The molecule has 0 radical (unpaired) electrons. The predicted molar refractivity (Wildman–Crippen MR) is 120 cm³/mol. The number of amides is 1. The van der Waals surface area contributed by atoms with Gasteiger partial charge in [0, 0.05) is 11.1 Å². The van der Waals surface area contributed by atoms with Crippen molar-refractivity contribution in [1.29, 1.82) is 0 Å². The minimum absolute atomic E-state index is 0.332. The lowest BCUT2D eigenvalue weighted by molar-refractivity contribution is -0.126. The Hall–Kier alpha value is -3.64. The van der Waals surface area contributed by atoms with E-state index in [9.17, 15) is 9.59 Å². The van der Waals surface area contributed by atoms with E-state index in [0.717, 1.165) is 11.1 Å². The maximum Gasteiger partial charge on any atom is 0.280 e. The van der Waals surface area contributed by atoms with Crippen molar-refractivity contribution >= 4 is 28.4 Å². The number of methoxy groups -OCH3 is 1. The minimum Gasteiger partial charge on any atom is -0.496 e. The second-order valence-electron chi connectivity index (χ2n) is 7.21. The van der Waals surface area contributed by atoms with Crippen molar-refractivity contribution in [2.24, 2.45) is 0 Å². The van der Waals surface area contributed by atoms with Crippen molar-refractivity contribution in [1.82, 2.24) is 9.66 Å². The number of aromatic nitrogens is 2. The van der Waals surface area contributed by atoms with Crippen molar-refractivity contribution in [2.75, 3.05) is 12.1 Å². The van der Waals surface area contributed by atoms with E-state index in [2.05, 4.69) is 0 Å². The Morgan fingerprint density at radius 2 is 1.58 bits per heavy atom. The third-order valence-electron chi connectivity index (χ3n) is 5.46. The third-order valence-corrected chi connectivity index (χ3v) is 5.89. The lowest BCUT2D eigenvalue weighted by atomic mass is 9.94. The Kier molecular flexibility index (Phi) is 4.71. The number of rotatable bonds is 4. The fraction of sp³-hybridized carbons (Fsp3) is 0.125. The fourth-order valence-electron chi connectivity index (χ4n) is 3.96. The van der Waals surface area contributed by atoms with Crippen LogP contribution in [0.15, 0.2) is 83.7 Å². The summed E-state index contributed by atoms with van der Waals surface area (Å²) in [6.45, 7) is 0. The maximum absolute atomic E-state index is 13.6. The van der Waals surface area contributed by atoms with Gasteiger partial charge in [-0.25, -0.2) is 9.99 Å². The Morgan fingerprint density at radius 1 is 0.903 bits per heavy atom. The topological polar surface area (TPSA) is 64.4 Å². The first-order valence-electron chi connectivity index (χ1n) is 9.79. The van der Waals surface area contributed by atoms with E-state index in [4.69, 9.17) is 21.3 Å². The quantitative estimate of drug-likeness (QED) is 0.363. The highest BCUT2D eigenvalue weighted by atomic mass is 35.5. The molecular formula is C24H18ClN3O3. The van der Waals surface area contributed by atoms with Gasteiger partial charge in [-0.05, 0) is 18.2 Å². The van der Waals surface area contributed by atoms with Gasteiger partial charge in [0.25, 0.3) is 11.5 Å². The van der Waals surface area contributed by atoms with Gasteiger partial charge in [-0.2, -0.15) is 4.68 Å². The summed E-state index contributed by atoms with van der Waals surface area (Å²) < 4.78 is 6.83. The molecule has 7 heteroatoms. The summed E-state index contributed by atoms with van der Waals surface area (Å²) in [5.41, 5.74) is 1.67. The molecule has 31 heavy (non-hydrogen) atoms. The number of alkyl halides is 1. The molecule has 1 aromatic heterocycles. The summed E-state index contributed by atoms with van der Waals surface area (Å²) in [7, 11) is 1.56. The van der Waals surface area contributed by atoms with E-state index in [1.807, 2.05) is 54.6 Å². The van der Waals surface area contributed by atoms with Gasteiger partial charge in [0.15, 0.2) is 5.82 Å². The van der Waals surface area contributed by atoms with Crippen LogP contribution in [0.5, 0.6) is 5.75 Å². The molecule has 2 unspecified atom stereocenters. The van der Waals surface area contributed by atoms with Crippen LogP contribution < -0.4 is 15.3 Å². The van der Waals surface area contributed by atoms with Crippen molar-refractivity contribution in [2.45, 2.75) is 11.4 Å². The molecule has 0 N–H and O–H groups in total. The lowest BCUT2D eigenvalue weighted by Crippen LogP contribution is -2.64.